The summed E-state index contributed by atoms with van der Waals surface area (Å²) in [6.07, 6.45) is 1.73. The molecule has 0 aliphatic heterocycles. The lowest BCUT2D eigenvalue weighted by Crippen LogP contribution is -2.22. The Morgan fingerprint density at radius 3 is 2.73 bits per heavy atom. The van der Waals surface area contributed by atoms with Crippen LogP contribution in [0.1, 0.15) is 41.1 Å². The molecular weight excluding hydrogens is 282 g/mol. The molecular formula is C16H21N3O3. The first-order valence-electron chi connectivity index (χ1n) is 7.23. The van der Waals surface area contributed by atoms with E-state index in [9.17, 15) is 9.90 Å². The van der Waals surface area contributed by atoms with Crippen molar-refractivity contribution in [3.8, 4) is 0 Å². The fraction of sp³-hybridized carbons (Fsp3) is 0.375. The summed E-state index contributed by atoms with van der Waals surface area (Å²) in [5.74, 6) is -0.0930. The number of nitrogens with zero attached hydrogens (tertiary/aromatic N) is 1. The third kappa shape index (κ3) is 4.16. The summed E-state index contributed by atoms with van der Waals surface area (Å²) in [5.41, 5.74) is 6.56. The van der Waals surface area contributed by atoms with Gasteiger partial charge < -0.3 is 20.6 Å². The van der Waals surface area contributed by atoms with Crippen molar-refractivity contribution in [2.24, 2.45) is 5.73 Å². The molecule has 0 saturated carbocycles. The Labute approximate surface area is 129 Å². The average molecular weight is 303 g/mol. The fourth-order valence-electron chi connectivity index (χ4n) is 2.30. The number of imidazole rings is 1. The van der Waals surface area contributed by atoms with Gasteiger partial charge in [-0.15, -0.1) is 0 Å². The largest absolute Gasteiger partial charge is 0.396 e. The number of amides is 1. The van der Waals surface area contributed by atoms with Gasteiger partial charge in [0.2, 0.25) is 0 Å². The Balaban J connectivity index is 2.04. The quantitative estimate of drug-likeness (QED) is 0.689. The van der Waals surface area contributed by atoms with E-state index in [1.165, 1.54) is 6.20 Å². The second-order valence-electron chi connectivity index (χ2n) is 5.17. The number of ether oxygens (including phenoxy) is 1. The molecule has 1 heterocycles. The maximum Gasteiger partial charge on any atom is 0.266 e. The zero-order valence-electron chi connectivity index (χ0n) is 12.5. The summed E-state index contributed by atoms with van der Waals surface area (Å²) >= 11 is 0. The molecule has 118 valence electrons. The number of nitrogens with one attached hydrogen (secondary N) is 1. The van der Waals surface area contributed by atoms with E-state index >= 15 is 0 Å². The van der Waals surface area contributed by atoms with E-state index in [4.69, 9.17) is 10.5 Å². The van der Waals surface area contributed by atoms with Crippen molar-refractivity contribution < 1.29 is 14.6 Å². The summed E-state index contributed by atoms with van der Waals surface area (Å²) in [6.45, 7) is 2.42. The molecule has 6 nitrogen and oxygen atoms in total. The van der Waals surface area contributed by atoms with Gasteiger partial charge in [-0.1, -0.05) is 30.3 Å². The number of rotatable bonds is 8. The van der Waals surface area contributed by atoms with Crippen molar-refractivity contribution in [1.29, 1.82) is 0 Å². The number of aromatic amines is 1. The molecule has 0 radical (unpaired) electrons. The lowest BCUT2D eigenvalue weighted by Gasteiger charge is -2.22. The van der Waals surface area contributed by atoms with Gasteiger partial charge in [0.1, 0.15) is 11.5 Å². The van der Waals surface area contributed by atoms with Gasteiger partial charge in [0.25, 0.3) is 5.91 Å². The molecule has 6 heteroatoms. The molecule has 0 saturated heterocycles. The fourth-order valence-corrected chi connectivity index (χ4v) is 2.30. The number of aliphatic hydroxyl groups is 1. The second-order valence-corrected chi connectivity index (χ2v) is 5.17. The number of benzene rings is 1. The van der Waals surface area contributed by atoms with Crippen molar-refractivity contribution in [2.45, 2.75) is 32.0 Å². The maximum atomic E-state index is 11.1. The Hall–Kier alpha value is -2.18. The van der Waals surface area contributed by atoms with Crippen molar-refractivity contribution in [3.63, 3.8) is 0 Å². The van der Waals surface area contributed by atoms with Crippen molar-refractivity contribution in [2.75, 3.05) is 6.61 Å². The predicted octanol–water partition coefficient (Wildman–Crippen LogP) is 1.58. The van der Waals surface area contributed by atoms with Gasteiger partial charge in [0, 0.05) is 12.5 Å². The van der Waals surface area contributed by atoms with E-state index in [0.29, 0.717) is 18.9 Å². The Morgan fingerprint density at radius 2 is 2.14 bits per heavy atom. The van der Waals surface area contributed by atoms with Crippen LogP contribution in [0.4, 0.5) is 0 Å². The average Bonchev–Trinajstić information content (AvgIpc) is 3.01. The minimum atomic E-state index is -0.556. The summed E-state index contributed by atoms with van der Waals surface area (Å²) in [5, 5.41) is 9.26. The van der Waals surface area contributed by atoms with Crippen LogP contribution in [0.15, 0.2) is 36.5 Å². The summed E-state index contributed by atoms with van der Waals surface area (Å²) in [4.78, 5) is 18.2. The van der Waals surface area contributed by atoms with Gasteiger partial charge in [-0.2, -0.15) is 0 Å². The van der Waals surface area contributed by atoms with Gasteiger partial charge in [0.05, 0.1) is 18.9 Å². The normalized spacial score (nSPS) is 13.7. The van der Waals surface area contributed by atoms with Gasteiger partial charge in [-0.05, 0) is 18.9 Å². The molecule has 4 N–H and O–H groups in total. The lowest BCUT2D eigenvalue weighted by molar-refractivity contribution is 0.0268. The molecule has 2 aromatic rings. The number of aliphatic hydroxyl groups excluding tert-OH is 1. The minimum absolute atomic E-state index is 0.0102. The Bertz CT molecular complexity index is 598. The van der Waals surface area contributed by atoms with Gasteiger partial charge in [-0.25, -0.2) is 4.98 Å². The van der Waals surface area contributed by atoms with E-state index < -0.39 is 5.91 Å². The van der Waals surface area contributed by atoms with Crippen LogP contribution in [0.5, 0.6) is 0 Å². The monoisotopic (exact) mass is 303 g/mol. The lowest BCUT2D eigenvalue weighted by atomic mass is 9.99. The van der Waals surface area contributed by atoms with E-state index in [0.717, 1.165) is 5.56 Å². The molecule has 1 aromatic heterocycles. The number of aromatic nitrogens is 2. The summed E-state index contributed by atoms with van der Waals surface area (Å²) in [7, 11) is 0. The van der Waals surface area contributed by atoms with Crippen LogP contribution in [-0.2, 0) is 11.3 Å². The van der Waals surface area contributed by atoms with Gasteiger partial charge in [-0.3, -0.25) is 4.79 Å². The molecule has 0 fully saturated rings. The molecule has 0 aliphatic rings. The minimum Gasteiger partial charge on any atom is -0.396 e. The number of carbonyl (C=O) groups excluding carboxylic acids is 1. The van der Waals surface area contributed by atoms with Crippen molar-refractivity contribution in [3.05, 3.63) is 53.6 Å². The first kappa shape index (κ1) is 16.2. The van der Waals surface area contributed by atoms with E-state index in [2.05, 4.69) is 9.97 Å². The Morgan fingerprint density at radius 1 is 1.41 bits per heavy atom. The molecule has 2 atom stereocenters. The SMILES string of the molecule is C[C@H](OCc1ccccc1)[C@H](CCO)c1ncc(C(N)=O)[nH]1. The molecule has 1 aromatic carbocycles. The van der Waals surface area contributed by atoms with Crippen molar-refractivity contribution in [1.82, 2.24) is 9.97 Å². The standard InChI is InChI=1S/C16H21N3O3/c1-11(22-10-12-5-3-2-4-6-12)13(7-8-20)16-18-9-14(19-16)15(17)21/h2-6,9,11,13,20H,7-8,10H2,1H3,(H2,17,21)(H,18,19)/t11-,13-/m0/s1. The molecule has 2 rings (SSSR count). The van der Waals surface area contributed by atoms with Gasteiger partial charge >= 0.3 is 0 Å². The van der Waals surface area contributed by atoms with Crippen LogP contribution in [0.2, 0.25) is 0 Å². The molecule has 1 amide bonds. The number of hydrogen-bond donors (Lipinski definition) is 3. The third-order valence-corrected chi connectivity index (χ3v) is 3.57. The molecule has 22 heavy (non-hydrogen) atoms. The number of hydrogen-bond acceptors (Lipinski definition) is 4. The van der Waals surface area contributed by atoms with Crippen LogP contribution < -0.4 is 5.73 Å². The Kier molecular flexibility index (Phi) is 5.68. The van der Waals surface area contributed by atoms with Crippen LogP contribution >= 0.6 is 0 Å². The third-order valence-electron chi connectivity index (χ3n) is 3.57. The highest BCUT2D eigenvalue weighted by Gasteiger charge is 2.23. The highest BCUT2D eigenvalue weighted by Crippen LogP contribution is 2.24. The van der Waals surface area contributed by atoms with E-state index in [1.54, 1.807) is 0 Å². The number of carbonyl (C=O) groups is 1. The molecule has 0 bridgehead atoms. The zero-order valence-corrected chi connectivity index (χ0v) is 12.5. The van der Waals surface area contributed by atoms with Gasteiger partial charge in [0.15, 0.2) is 0 Å². The van der Waals surface area contributed by atoms with Crippen LogP contribution in [0, 0.1) is 0 Å². The highest BCUT2D eigenvalue weighted by molar-refractivity contribution is 5.90. The zero-order chi connectivity index (χ0) is 15.9. The maximum absolute atomic E-state index is 11.1. The number of primary amides is 1. The van der Waals surface area contributed by atoms with E-state index in [-0.39, 0.29) is 24.3 Å². The van der Waals surface area contributed by atoms with Crippen molar-refractivity contribution >= 4 is 5.91 Å². The second kappa shape index (κ2) is 7.72. The topological polar surface area (TPSA) is 101 Å². The first-order chi connectivity index (χ1) is 10.6. The van der Waals surface area contributed by atoms with Crippen LogP contribution in [0.25, 0.3) is 0 Å². The number of nitrogens with two attached hydrogens (primary N) is 1. The number of H-pyrrole nitrogens is 1. The summed E-state index contributed by atoms with van der Waals surface area (Å²) in [6, 6.07) is 9.86. The smallest absolute Gasteiger partial charge is 0.266 e. The molecule has 0 spiro atoms. The first-order valence-corrected chi connectivity index (χ1v) is 7.23. The molecule has 0 unspecified atom stereocenters. The summed E-state index contributed by atoms with van der Waals surface area (Å²) < 4.78 is 5.88. The van der Waals surface area contributed by atoms with E-state index in [1.807, 2.05) is 37.3 Å². The highest BCUT2D eigenvalue weighted by atomic mass is 16.5. The van der Waals surface area contributed by atoms with Crippen LogP contribution in [-0.4, -0.2) is 33.7 Å². The van der Waals surface area contributed by atoms with Crippen LogP contribution in [0.3, 0.4) is 0 Å². The molecule has 0 aliphatic carbocycles. The predicted molar refractivity (Wildman–Crippen MR) is 82.2 cm³/mol.